The van der Waals surface area contributed by atoms with Crippen LogP contribution in [0.1, 0.15) is 44.6 Å². The van der Waals surface area contributed by atoms with E-state index >= 15 is 0 Å². The summed E-state index contributed by atoms with van der Waals surface area (Å²) in [6, 6.07) is 14.7. The first kappa shape index (κ1) is 16.7. The minimum Gasteiger partial charge on any atom is -0.465 e. The number of esters is 1. The van der Waals surface area contributed by atoms with Gasteiger partial charge in [0.2, 0.25) is 0 Å². The van der Waals surface area contributed by atoms with E-state index in [0.717, 1.165) is 34.6 Å². The van der Waals surface area contributed by atoms with Crippen molar-refractivity contribution in [3.05, 3.63) is 64.7 Å². The minimum absolute atomic E-state index is 0.0141. The smallest absolute Gasteiger partial charge is 0.337 e. The molecule has 0 radical (unpaired) electrons. The number of fused-ring (bicyclic) bond motifs is 1. The van der Waals surface area contributed by atoms with Crippen LogP contribution in [0, 0.1) is 0 Å². The fraction of sp³-hybridized carbons (Fsp3) is 0.250. The molecule has 1 atom stereocenters. The number of para-hydroxylation sites is 1. The van der Waals surface area contributed by atoms with E-state index in [9.17, 15) is 9.59 Å². The summed E-state index contributed by atoms with van der Waals surface area (Å²) in [5, 5.41) is 0.989. The molecule has 2 aromatic carbocycles. The van der Waals surface area contributed by atoms with Crippen LogP contribution in [0.25, 0.3) is 10.2 Å². The maximum absolute atomic E-state index is 13.0. The van der Waals surface area contributed by atoms with Crippen LogP contribution >= 0.6 is 11.3 Å². The van der Waals surface area contributed by atoms with Gasteiger partial charge in [0.15, 0.2) is 0 Å². The number of hydrogen-bond acceptors (Lipinski definition) is 5. The molecule has 1 unspecified atom stereocenters. The highest BCUT2D eigenvalue weighted by atomic mass is 32.1. The van der Waals surface area contributed by atoms with Gasteiger partial charge >= 0.3 is 5.97 Å². The van der Waals surface area contributed by atoms with Gasteiger partial charge in [-0.25, -0.2) is 9.78 Å². The van der Waals surface area contributed by atoms with Gasteiger partial charge in [-0.05, 0) is 49.2 Å². The minimum atomic E-state index is -0.405. The van der Waals surface area contributed by atoms with Gasteiger partial charge in [-0.3, -0.25) is 4.79 Å². The van der Waals surface area contributed by atoms with Gasteiger partial charge in [0.1, 0.15) is 5.01 Å². The number of benzene rings is 2. The quantitative estimate of drug-likeness (QED) is 0.656. The summed E-state index contributed by atoms with van der Waals surface area (Å²) in [5.41, 5.74) is 1.99. The highest BCUT2D eigenvalue weighted by Crippen LogP contribution is 2.37. The van der Waals surface area contributed by atoms with Gasteiger partial charge in [-0.2, -0.15) is 0 Å². The largest absolute Gasteiger partial charge is 0.465 e. The van der Waals surface area contributed by atoms with Crippen molar-refractivity contribution in [2.45, 2.75) is 18.9 Å². The highest BCUT2D eigenvalue weighted by molar-refractivity contribution is 7.18. The number of amides is 1. The number of methoxy groups -OCH3 is 1. The Morgan fingerprint density at radius 3 is 2.58 bits per heavy atom. The lowest BCUT2D eigenvalue weighted by Crippen LogP contribution is -2.30. The van der Waals surface area contributed by atoms with Gasteiger partial charge in [0.25, 0.3) is 5.91 Å². The van der Waals surface area contributed by atoms with Crippen molar-refractivity contribution in [1.29, 1.82) is 0 Å². The molecule has 26 heavy (non-hydrogen) atoms. The van der Waals surface area contributed by atoms with Crippen molar-refractivity contribution in [3.63, 3.8) is 0 Å². The lowest BCUT2D eigenvalue weighted by molar-refractivity contribution is 0.0599. The van der Waals surface area contributed by atoms with Crippen molar-refractivity contribution >= 4 is 33.4 Å². The third-order valence-corrected chi connectivity index (χ3v) is 5.80. The number of likely N-dealkylation sites (tertiary alicyclic amines) is 1. The summed E-state index contributed by atoms with van der Waals surface area (Å²) in [6.45, 7) is 0.720. The fourth-order valence-electron chi connectivity index (χ4n) is 3.33. The van der Waals surface area contributed by atoms with E-state index in [1.54, 1.807) is 35.6 Å². The third kappa shape index (κ3) is 2.97. The summed E-state index contributed by atoms with van der Waals surface area (Å²) < 4.78 is 5.84. The van der Waals surface area contributed by atoms with Gasteiger partial charge in [0, 0.05) is 12.1 Å². The Balaban J connectivity index is 1.59. The molecule has 1 aliphatic rings. The second-order valence-electron chi connectivity index (χ2n) is 6.25. The maximum Gasteiger partial charge on any atom is 0.337 e. The summed E-state index contributed by atoms with van der Waals surface area (Å²) in [4.78, 5) is 31.2. The predicted molar refractivity (Wildman–Crippen MR) is 100 cm³/mol. The average molecular weight is 366 g/mol. The van der Waals surface area contributed by atoms with Crippen LogP contribution in [0.2, 0.25) is 0 Å². The molecule has 0 spiro atoms. The molecular weight excluding hydrogens is 348 g/mol. The standard InChI is InChI=1S/C20H18N2O3S/c1-25-20(24)14-10-8-13(9-11-14)19(23)22-12-4-6-16(22)18-21-15-5-2-3-7-17(15)26-18/h2-3,5,7-11,16H,4,6,12H2,1H3. The zero-order valence-corrected chi connectivity index (χ0v) is 15.2. The zero-order chi connectivity index (χ0) is 18.1. The molecule has 3 aromatic rings. The Hall–Kier alpha value is -2.73. The molecule has 1 aliphatic heterocycles. The number of thiazole rings is 1. The van der Waals surface area contributed by atoms with Crippen molar-refractivity contribution in [3.8, 4) is 0 Å². The molecule has 2 heterocycles. The Labute approximate surface area is 155 Å². The molecule has 4 rings (SSSR count). The second-order valence-corrected chi connectivity index (χ2v) is 7.31. The summed E-state index contributed by atoms with van der Waals surface area (Å²) in [6.07, 6.45) is 1.89. The summed E-state index contributed by atoms with van der Waals surface area (Å²) in [5.74, 6) is -0.430. The van der Waals surface area contributed by atoms with Gasteiger partial charge in [-0.1, -0.05) is 12.1 Å². The Kier molecular flexibility index (Phi) is 4.42. The molecule has 1 aromatic heterocycles. The van der Waals surface area contributed by atoms with E-state index in [2.05, 4.69) is 6.07 Å². The molecule has 0 N–H and O–H groups in total. The SMILES string of the molecule is COC(=O)c1ccc(C(=O)N2CCCC2c2nc3ccccc3s2)cc1. The lowest BCUT2D eigenvalue weighted by atomic mass is 10.1. The number of nitrogens with zero attached hydrogens (tertiary/aromatic N) is 2. The van der Waals surface area contributed by atoms with Gasteiger partial charge in [-0.15, -0.1) is 11.3 Å². The molecule has 0 saturated carbocycles. The first-order valence-electron chi connectivity index (χ1n) is 8.52. The molecule has 0 aliphatic carbocycles. The van der Waals surface area contributed by atoms with Gasteiger partial charge in [0.05, 0.1) is 28.9 Å². The number of hydrogen-bond donors (Lipinski definition) is 0. The molecule has 0 bridgehead atoms. The molecule has 5 nitrogen and oxygen atoms in total. The first-order chi connectivity index (χ1) is 12.7. The van der Waals surface area contributed by atoms with E-state index in [1.807, 2.05) is 23.1 Å². The lowest BCUT2D eigenvalue weighted by Gasteiger charge is -2.23. The molecule has 132 valence electrons. The van der Waals surface area contributed by atoms with Crippen LogP contribution in [0.5, 0.6) is 0 Å². The Morgan fingerprint density at radius 2 is 1.85 bits per heavy atom. The monoisotopic (exact) mass is 366 g/mol. The van der Waals surface area contributed by atoms with Crippen molar-refractivity contribution in [2.24, 2.45) is 0 Å². The topological polar surface area (TPSA) is 59.5 Å². The number of carbonyl (C=O) groups excluding carboxylic acids is 2. The highest BCUT2D eigenvalue weighted by Gasteiger charge is 2.32. The van der Waals surface area contributed by atoms with E-state index in [-0.39, 0.29) is 11.9 Å². The van der Waals surface area contributed by atoms with E-state index in [4.69, 9.17) is 9.72 Å². The van der Waals surface area contributed by atoms with Crippen LogP contribution in [-0.2, 0) is 4.74 Å². The maximum atomic E-state index is 13.0. The molecule has 6 heteroatoms. The normalized spacial score (nSPS) is 16.8. The molecule has 1 fully saturated rings. The van der Waals surface area contributed by atoms with Crippen molar-refractivity contribution in [1.82, 2.24) is 9.88 Å². The van der Waals surface area contributed by atoms with Crippen LogP contribution in [0.15, 0.2) is 48.5 Å². The van der Waals surface area contributed by atoms with Crippen molar-refractivity contribution in [2.75, 3.05) is 13.7 Å². The number of ether oxygens (including phenoxy) is 1. The molecule has 1 saturated heterocycles. The summed E-state index contributed by atoms with van der Waals surface area (Å²) in [7, 11) is 1.34. The predicted octanol–water partition coefficient (Wildman–Crippen LogP) is 4.06. The van der Waals surface area contributed by atoms with Crippen LogP contribution in [0.4, 0.5) is 0 Å². The van der Waals surface area contributed by atoms with Gasteiger partial charge < -0.3 is 9.64 Å². The van der Waals surface area contributed by atoms with Crippen LogP contribution in [-0.4, -0.2) is 35.4 Å². The number of rotatable bonds is 3. The van der Waals surface area contributed by atoms with Crippen LogP contribution in [0.3, 0.4) is 0 Å². The first-order valence-corrected chi connectivity index (χ1v) is 9.34. The fourth-order valence-corrected chi connectivity index (χ4v) is 4.45. The third-order valence-electron chi connectivity index (χ3n) is 4.66. The summed E-state index contributed by atoms with van der Waals surface area (Å²) >= 11 is 1.65. The molecule has 1 amide bonds. The molecular formula is C20H18N2O3S. The van der Waals surface area contributed by atoms with Crippen LogP contribution < -0.4 is 0 Å². The van der Waals surface area contributed by atoms with E-state index in [0.29, 0.717) is 11.1 Å². The van der Waals surface area contributed by atoms with E-state index in [1.165, 1.54) is 7.11 Å². The van der Waals surface area contributed by atoms with Crippen molar-refractivity contribution < 1.29 is 14.3 Å². The van der Waals surface area contributed by atoms with E-state index < -0.39 is 5.97 Å². The zero-order valence-electron chi connectivity index (χ0n) is 14.3. The second kappa shape index (κ2) is 6.88. The Morgan fingerprint density at radius 1 is 1.12 bits per heavy atom. The number of aromatic nitrogens is 1. The number of carbonyl (C=O) groups is 2. The average Bonchev–Trinajstić information content (AvgIpc) is 3.33. The Bertz CT molecular complexity index is 932.